The van der Waals surface area contributed by atoms with Crippen LogP contribution >= 0.6 is 0 Å². The minimum atomic E-state index is 0. The Labute approximate surface area is 79.1 Å². The van der Waals surface area contributed by atoms with Crippen LogP contribution in [0.3, 0.4) is 0 Å². The van der Waals surface area contributed by atoms with Crippen molar-refractivity contribution in [1.29, 1.82) is 0 Å². The summed E-state index contributed by atoms with van der Waals surface area (Å²) in [6.07, 6.45) is 2.07. The fraction of sp³-hybridized carbons (Fsp3) is 0.375. The first kappa shape index (κ1) is 9.88. The van der Waals surface area contributed by atoms with Gasteiger partial charge in [0.05, 0.1) is 0 Å². The van der Waals surface area contributed by atoms with Gasteiger partial charge in [-0.25, -0.2) is 4.57 Å². The Hall–Kier alpha value is -0.120. The summed E-state index contributed by atoms with van der Waals surface area (Å²) in [5, 5.41) is 0. The third-order valence-corrected chi connectivity index (χ3v) is 1.55. The van der Waals surface area contributed by atoms with Gasteiger partial charge >= 0.3 is 0 Å². The molecule has 0 aliphatic carbocycles. The van der Waals surface area contributed by atoms with Gasteiger partial charge in [-0.2, -0.15) is 0 Å². The summed E-state index contributed by atoms with van der Waals surface area (Å²) in [5.41, 5.74) is 2.63. The van der Waals surface area contributed by atoms with Crippen molar-refractivity contribution in [2.45, 2.75) is 13.8 Å². The maximum atomic E-state index is 2.17. The van der Waals surface area contributed by atoms with Gasteiger partial charge in [0, 0.05) is 19.1 Å². The lowest BCUT2D eigenvalue weighted by atomic mass is 10.2. The van der Waals surface area contributed by atoms with Crippen molar-refractivity contribution >= 4 is 0 Å². The second-order valence-electron chi connectivity index (χ2n) is 2.46. The monoisotopic (exact) mass is 249 g/mol. The van der Waals surface area contributed by atoms with E-state index in [1.54, 1.807) is 0 Å². The second-order valence-corrected chi connectivity index (χ2v) is 2.46. The highest BCUT2D eigenvalue weighted by atomic mass is 127. The van der Waals surface area contributed by atoms with Crippen molar-refractivity contribution in [3.8, 4) is 0 Å². The van der Waals surface area contributed by atoms with Crippen LogP contribution in [0.1, 0.15) is 11.3 Å². The molecule has 10 heavy (non-hydrogen) atoms. The van der Waals surface area contributed by atoms with Gasteiger partial charge in [-0.1, -0.05) is 0 Å². The van der Waals surface area contributed by atoms with Crippen molar-refractivity contribution in [2.75, 3.05) is 0 Å². The van der Waals surface area contributed by atoms with E-state index in [2.05, 4.69) is 43.8 Å². The fourth-order valence-electron chi connectivity index (χ4n) is 0.826. The quantitative estimate of drug-likeness (QED) is 0.375. The lowest BCUT2D eigenvalue weighted by Gasteiger charge is -1.92. The normalized spacial score (nSPS) is 8.70. The topological polar surface area (TPSA) is 3.88 Å². The molecule has 0 amide bonds. The predicted molar refractivity (Wildman–Crippen MR) is 37.1 cm³/mol. The summed E-state index contributed by atoms with van der Waals surface area (Å²) >= 11 is 0. The average molecular weight is 249 g/mol. The zero-order chi connectivity index (χ0) is 6.85. The van der Waals surface area contributed by atoms with Crippen LogP contribution in [0.25, 0.3) is 0 Å². The third kappa shape index (κ3) is 2.25. The van der Waals surface area contributed by atoms with Gasteiger partial charge in [-0.3, -0.25) is 0 Å². The molecule has 1 aromatic heterocycles. The summed E-state index contributed by atoms with van der Waals surface area (Å²) < 4.78 is 2.10. The molecule has 0 atom stereocenters. The molecule has 1 rings (SSSR count). The number of rotatable bonds is 0. The summed E-state index contributed by atoms with van der Waals surface area (Å²) in [6.45, 7) is 4.21. The standard InChI is InChI=1S/C8H12N.HI/c1-7-4-5-9(3)8(2)6-7;/h4-6H,1-3H3;1H/q+1;/p-1. The first-order chi connectivity index (χ1) is 4.20. The summed E-state index contributed by atoms with van der Waals surface area (Å²) in [4.78, 5) is 0. The molecule has 0 saturated carbocycles. The van der Waals surface area contributed by atoms with Gasteiger partial charge in [0.15, 0.2) is 11.9 Å². The Balaban J connectivity index is 0.000000810. The van der Waals surface area contributed by atoms with Crippen LogP contribution in [-0.2, 0) is 7.05 Å². The number of halogens is 1. The Bertz CT molecular complexity index is 220. The molecule has 0 N–H and O–H groups in total. The van der Waals surface area contributed by atoms with E-state index < -0.39 is 0 Å². The van der Waals surface area contributed by atoms with Crippen LogP contribution in [-0.4, -0.2) is 0 Å². The van der Waals surface area contributed by atoms with Crippen molar-refractivity contribution in [3.63, 3.8) is 0 Å². The van der Waals surface area contributed by atoms with Gasteiger partial charge in [0.2, 0.25) is 0 Å². The zero-order valence-corrected chi connectivity index (χ0v) is 8.71. The molecule has 1 heterocycles. The number of aromatic nitrogens is 1. The highest BCUT2D eigenvalue weighted by Gasteiger charge is 1.96. The molecule has 0 unspecified atom stereocenters. The van der Waals surface area contributed by atoms with Crippen molar-refractivity contribution in [1.82, 2.24) is 0 Å². The van der Waals surface area contributed by atoms with E-state index in [0.29, 0.717) is 0 Å². The maximum Gasteiger partial charge on any atom is 0.178 e. The molecule has 0 aromatic carbocycles. The van der Waals surface area contributed by atoms with Gasteiger partial charge in [-0.15, -0.1) is 0 Å². The molecule has 0 saturated heterocycles. The average Bonchev–Trinajstić information content (AvgIpc) is 1.80. The molecule has 0 fully saturated rings. The fourth-order valence-corrected chi connectivity index (χ4v) is 0.826. The predicted octanol–water partition coefficient (Wildman–Crippen LogP) is -1.87. The van der Waals surface area contributed by atoms with Crippen molar-refractivity contribution in [3.05, 3.63) is 29.6 Å². The van der Waals surface area contributed by atoms with Crippen LogP contribution in [0.5, 0.6) is 0 Å². The summed E-state index contributed by atoms with van der Waals surface area (Å²) in [5.74, 6) is 0. The Morgan fingerprint density at radius 2 is 1.90 bits per heavy atom. The van der Waals surface area contributed by atoms with E-state index in [-0.39, 0.29) is 24.0 Å². The summed E-state index contributed by atoms with van der Waals surface area (Å²) in [6, 6.07) is 4.27. The van der Waals surface area contributed by atoms with Crippen molar-refractivity contribution < 1.29 is 28.5 Å². The highest BCUT2D eigenvalue weighted by Crippen LogP contribution is 1.94. The zero-order valence-electron chi connectivity index (χ0n) is 6.56. The number of hydrogen-bond donors (Lipinski definition) is 0. The summed E-state index contributed by atoms with van der Waals surface area (Å²) in [7, 11) is 2.05. The van der Waals surface area contributed by atoms with Crippen molar-refractivity contribution in [2.24, 2.45) is 7.05 Å². The SMILES string of the molecule is Cc1cc[n+](C)c(C)c1.[I-]. The largest absolute Gasteiger partial charge is 1.00 e. The highest BCUT2D eigenvalue weighted by molar-refractivity contribution is 5.08. The van der Waals surface area contributed by atoms with E-state index in [4.69, 9.17) is 0 Å². The van der Waals surface area contributed by atoms with Crippen LogP contribution in [0.15, 0.2) is 18.3 Å². The number of pyridine rings is 1. The molecule has 56 valence electrons. The first-order valence-electron chi connectivity index (χ1n) is 3.13. The number of hydrogen-bond acceptors (Lipinski definition) is 0. The van der Waals surface area contributed by atoms with Gasteiger partial charge in [-0.05, 0) is 12.5 Å². The number of aryl methyl sites for hydroxylation is 3. The molecular formula is C8H12IN. The smallest absolute Gasteiger partial charge is 0.178 e. The maximum absolute atomic E-state index is 2.17. The van der Waals surface area contributed by atoms with E-state index >= 15 is 0 Å². The van der Waals surface area contributed by atoms with Gasteiger partial charge < -0.3 is 24.0 Å². The molecule has 0 aliphatic rings. The van der Waals surface area contributed by atoms with E-state index in [9.17, 15) is 0 Å². The lowest BCUT2D eigenvalue weighted by molar-refractivity contribution is -0.677. The minimum Gasteiger partial charge on any atom is -1.00 e. The van der Waals surface area contributed by atoms with Crippen LogP contribution in [0.4, 0.5) is 0 Å². The Kier molecular flexibility index (Phi) is 3.86. The van der Waals surface area contributed by atoms with Crippen LogP contribution in [0, 0.1) is 13.8 Å². The van der Waals surface area contributed by atoms with E-state index in [1.807, 2.05) is 0 Å². The Morgan fingerprint density at radius 3 is 2.30 bits per heavy atom. The molecule has 1 aromatic rings. The van der Waals surface area contributed by atoms with Gasteiger partial charge in [0.25, 0.3) is 0 Å². The lowest BCUT2D eigenvalue weighted by Crippen LogP contribution is -3.00. The van der Waals surface area contributed by atoms with Crippen LogP contribution < -0.4 is 28.5 Å². The number of nitrogens with zero attached hydrogens (tertiary/aromatic N) is 1. The Morgan fingerprint density at radius 1 is 1.30 bits per heavy atom. The minimum absolute atomic E-state index is 0. The first-order valence-corrected chi connectivity index (χ1v) is 3.13. The molecule has 2 heteroatoms. The third-order valence-electron chi connectivity index (χ3n) is 1.55. The molecule has 1 nitrogen and oxygen atoms in total. The van der Waals surface area contributed by atoms with E-state index in [1.165, 1.54) is 11.3 Å². The second kappa shape index (κ2) is 3.91. The van der Waals surface area contributed by atoms with Gasteiger partial charge in [0.1, 0.15) is 7.05 Å². The van der Waals surface area contributed by atoms with Crippen LogP contribution in [0.2, 0.25) is 0 Å². The van der Waals surface area contributed by atoms with E-state index in [0.717, 1.165) is 0 Å². The molecule has 0 radical (unpaired) electrons. The molecule has 0 spiro atoms. The molecular weight excluding hydrogens is 237 g/mol. The molecule has 0 bridgehead atoms. The molecule has 0 aliphatic heterocycles.